The van der Waals surface area contributed by atoms with Gasteiger partial charge >= 0.3 is 0 Å². The maximum atomic E-state index is 13.5. The van der Waals surface area contributed by atoms with E-state index in [4.69, 9.17) is 0 Å². The van der Waals surface area contributed by atoms with Gasteiger partial charge in [-0.3, -0.25) is 4.79 Å². The molecule has 124 valence electrons. The minimum absolute atomic E-state index is 0.174. The van der Waals surface area contributed by atoms with Gasteiger partial charge in [-0.1, -0.05) is 36.8 Å². The van der Waals surface area contributed by atoms with Crippen LogP contribution in [0.25, 0.3) is 0 Å². The van der Waals surface area contributed by atoms with Crippen molar-refractivity contribution in [3.05, 3.63) is 35.9 Å². The molecule has 0 spiro atoms. The lowest BCUT2D eigenvalue weighted by Gasteiger charge is -2.42. The average molecular weight is 313 g/mol. The van der Waals surface area contributed by atoms with Crippen molar-refractivity contribution in [2.75, 3.05) is 13.1 Å². The van der Waals surface area contributed by atoms with Crippen molar-refractivity contribution in [1.29, 1.82) is 0 Å². The van der Waals surface area contributed by atoms with Crippen LogP contribution in [0.2, 0.25) is 0 Å². The largest absolute Gasteiger partial charge is 0.393 e. The van der Waals surface area contributed by atoms with Crippen molar-refractivity contribution in [3.8, 4) is 0 Å². The highest BCUT2D eigenvalue weighted by Crippen LogP contribution is 2.58. The summed E-state index contributed by atoms with van der Waals surface area (Å²) in [6.07, 6.45) is 7.01. The van der Waals surface area contributed by atoms with E-state index in [0.717, 1.165) is 44.7 Å². The number of rotatable bonds is 3. The third-order valence-electron chi connectivity index (χ3n) is 6.52. The lowest BCUT2D eigenvalue weighted by molar-refractivity contribution is -0.147. The fraction of sp³-hybridized carbons (Fsp3) is 0.650. The predicted molar refractivity (Wildman–Crippen MR) is 89.8 cm³/mol. The Bertz CT molecular complexity index is 564. The molecule has 2 aliphatic carbocycles. The molecule has 2 bridgehead atoms. The number of piperidine rings is 1. The molecule has 1 N–H and O–H groups in total. The van der Waals surface area contributed by atoms with Gasteiger partial charge in [0, 0.05) is 13.1 Å². The average Bonchev–Trinajstić information content (AvgIpc) is 3.17. The molecule has 3 aliphatic rings. The number of carbonyl (C=O) groups excluding carboxylic acids is 1. The summed E-state index contributed by atoms with van der Waals surface area (Å²) in [5.74, 6) is 1.69. The fourth-order valence-corrected chi connectivity index (χ4v) is 5.34. The van der Waals surface area contributed by atoms with Gasteiger partial charge in [-0.05, 0) is 55.9 Å². The molecule has 3 fully saturated rings. The van der Waals surface area contributed by atoms with Crippen LogP contribution in [0.3, 0.4) is 0 Å². The number of nitrogens with zero attached hydrogens (tertiary/aromatic N) is 1. The molecule has 4 rings (SSSR count). The van der Waals surface area contributed by atoms with Crippen molar-refractivity contribution in [3.63, 3.8) is 0 Å². The summed E-state index contributed by atoms with van der Waals surface area (Å²) in [5.41, 5.74) is 1.12. The number of carbonyl (C=O) groups is 1. The first-order chi connectivity index (χ1) is 11.2. The summed E-state index contributed by atoms with van der Waals surface area (Å²) >= 11 is 0. The molecule has 1 aliphatic heterocycles. The number of benzene rings is 1. The van der Waals surface area contributed by atoms with Gasteiger partial charge in [-0.15, -0.1) is 0 Å². The molecule has 1 saturated heterocycles. The van der Waals surface area contributed by atoms with E-state index in [1.807, 2.05) is 6.07 Å². The lowest BCUT2D eigenvalue weighted by atomic mass is 9.68. The monoisotopic (exact) mass is 313 g/mol. The maximum absolute atomic E-state index is 13.5. The first-order valence-electron chi connectivity index (χ1n) is 9.19. The van der Waals surface area contributed by atoms with E-state index < -0.39 is 0 Å². The van der Waals surface area contributed by atoms with E-state index in [9.17, 15) is 9.90 Å². The van der Waals surface area contributed by atoms with Crippen LogP contribution in [0, 0.1) is 17.3 Å². The predicted octanol–water partition coefficient (Wildman–Crippen LogP) is 3.02. The number of likely N-dealkylation sites (tertiary alicyclic amines) is 1. The molecular weight excluding hydrogens is 286 g/mol. The Morgan fingerprint density at radius 3 is 2.48 bits per heavy atom. The minimum Gasteiger partial charge on any atom is -0.393 e. The second-order valence-electron chi connectivity index (χ2n) is 7.92. The third-order valence-corrected chi connectivity index (χ3v) is 6.52. The second-order valence-corrected chi connectivity index (χ2v) is 7.92. The molecule has 1 amide bonds. The first-order valence-corrected chi connectivity index (χ1v) is 9.19. The Kier molecular flexibility index (Phi) is 3.92. The first kappa shape index (κ1) is 15.2. The molecule has 3 nitrogen and oxygen atoms in total. The quantitative estimate of drug-likeness (QED) is 0.932. The fourth-order valence-electron chi connectivity index (χ4n) is 5.34. The Morgan fingerprint density at radius 1 is 1.13 bits per heavy atom. The van der Waals surface area contributed by atoms with E-state index in [2.05, 4.69) is 29.2 Å². The molecule has 0 aromatic heterocycles. The third kappa shape index (κ3) is 2.69. The van der Waals surface area contributed by atoms with Crippen LogP contribution in [0.4, 0.5) is 0 Å². The van der Waals surface area contributed by atoms with Crippen LogP contribution in [0.15, 0.2) is 30.3 Å². The number of hydrogen-bond acceptors (Lipinski definition) is 2. The van der Waals surface area contributed by atoms with E-state index in [-0.39, 0.29) is 11.5 Å². The summed E-state index contributed by atoms with van der Waals surface area (Å²) in [7, 11) is 0. The normalized spacial score (nSPS) is 34.0. The van der Waals surface area contributed by atoms with Crippen molar-refractivity contribution < 1.29 is 9.90 Å². The second kappa shape index (κ2) is 5.94. The molecule has 0 unspecified atom stereocenters. The summed E-state index contributed by atoms with van der Waals surface area (Å²) in [6.45, 7) is 1.46. The van der Waals surface area contributed by atoms with Gasteiger partial charge in [0.1, 0.15) is 0 Å². The van der Waals surface area contributed by atoms with Crippen molar-refractivity contribution in [2.24, 2.45) is 17.3 Å². The maximum Gasteiger partial charge on any atom is 0.229 e. The van der Waals surface area contributed by atoms with Gasteiger partial charge < -0.3 is 10.0 Å². The van der Waals surface area contributed by atoms with Gasteiger partial charge in [0.25, 0.3) is 0 Å². The highest BCUT2D eigenvalue weighted by molar-refractivity contribution is 5.84. The van der Waals surface area contributed by atoms with E-state index in [0.29, 0.717) is 11.8 Å². The SMILES string of the molecule is O=C(N1CCC(O)CC1)[C@]1(Cc2ccccc2)C[C@H]2CC[C@H]1C2. The Hall–Kier alpha value is -1.35. The van der Waals surface area contributed by atoms with E-state index >= 15 is 0 Å². The summed E-state index contributed by atoms with van der Waals surface area (Å²) in [5, 5.41) is 9.74. The van der Waals surface area contributed by atoms with Crippen LogP contribution >= 0.6 is 0 Å². The number of aliphatic hydroxyl groups is 1. The standard InChI is InChI=1S/C20H27NO2/c22-18-8-10-21(11-9-18)19(23)20(13-15-4-2-1-3-5-15)14-16-6-7-17(20)12-16/h1-5,16-18,22H,6-14H2/t16-,17-,20+/m0/s1. The van der Waals surface area contributed by atoms with Gasteiger partial charge in [-0.2, -0.15) is 0 Å². The van der Waals surface area contributed by atoms with E-state index in [1.54, 1.807) is 0 Å². The van der Waals surface area contributed by atoms with Crippen molar-refractivity contribution >= 4 is 5.91 Å². The van der Waals surface area contributed by atoms with Crippen molar-refractivity contribution in [1.82, 2.24) is 4.90 Å². The van der Waals surface area contributed by atoms with E-state index in [1.165, 1.54) is 24.8 Å². The molecule has 1 aromatic carbocycles. The number of hydrogen-bond donors (Lipinski definition) is 1. The van der Waals surface area contributed by atoms with Crippen LogP contribution < -0.4 is 0 Å². The molecule has 0 radical (unpaired) electrons. The van der Waals surface area contributed by atoms with Gasteiger partial charge in [0.05, 0.1) is 11.5 Å². The topological polar surface area (TPSA) is 40.5 Å². The smallest absolute Gasteiger partial charge is 0.229 e. The molecule has 3 heteroatoms. The Balaban J connectivity index is 1.59. The van der Waals surface area contributed by atoms with Crippen molar-refractivity contribution in [2.45, 2.75) is 51.0 Å². The molecule has 3 atom stereocenters. The van der Waals surface area contributed by atoms with Gasteiger partial charge in [0.15, 0.2) is 0 Å². The zero-order valence-electron chi connectivity index (χ0n) is 13.8. The molecular formula is C20H27NO2. The molecule has 2 saturated carbocycles. The summed E-state index contributed by atoms with van der Waals surface area (Å²) in [6, 6.07) is 10.5. The highest BCUT2D eigenvalue weighted by Gasteiger charge is 2.56. The molecule has 1 aromatic rings. The molecule has 1 heterocycles. The number of fused-ring (bicyclic) bond motifs is 2. The van der Waals surface area contributed by atoms with Crippen LogP contribution in [-0.2, 0) is 11.2 Å². The number of amides is 1. The minimum atomic E-state index is -0.218. The Morgan fingerprint density at radius 2 is 1.87 bits per heavy atom. The highest BCUT2D eigenvalue weighted by atomic mass is 16.3. The van der Waals surface area contributed by atoms with Gasteiger partial charge in [-0.25, -0.2) is 0 Å². The number of aliphatic hydroxyl groups excluding tert-OH is 1. The zero-order chi connectivity index (χ0) is 15.9. The summed E-state index contributed by atoms with van der Waals surface area (Å²) in [4.78, 5) is 15.5. The lowest BCUT2D eigenvalue weighted by Crippen LogP contribution is -2.51. The van der Waals surface area contributed by atoms with Crippen LogP contribution in [0.5, 0.6) is 0 Å². The summed E-state index contributed by atoms with van der Waals surface area (Å²) < 4.78 is 0. The van der Waals surface area contributed by atoms with Crippen LogP contribution in [-0.4, -0.2) is 35.1 Å². The van der Waals surface area contributed by atoms with Crippen LogP contribution in [0.1, 0.15) is 44.1 Å². The van der Waals surface area contributed by atoms with Gasteiger partial charge in [0.2, 0.25) is 5.91 Å². The zero-order valence-corrected chi connectivity index (χ0v) is 13.8. The molecule has 23 heavy (non-hydrogen) atoms. The Labute approximate surface area is 138 Å².